The van der Waals surface area contributed by atoms with Crippen LogP contribution in [-0.2, 0) is 6.42 Å². The number of nitrogens with one attached hydrogen (secondary N) is 1. The highest BCUT2D eigenvalue weighted by molar-refractivity contribution is 5.98. The number of rotatable bonds is 2. The Morgan fingerprint density at radius 1 is 1.15 bits per heavy atom. The van der Waals surface area contributed by atoms with Gasteiger partial charge in [-0.2, -0.15) is 0 Å². The summed E-state index contributed by atoms with van der Waals surface area (Å²) in [5.41, 5.74) is 2.80. The molecule has 1 atom stereocenters. The molecule has 1 heterocycles. The molecule has 0 radical (unpaired) electrons. The lowest BCUT2D eigenvalue weighted by Gasteiger charge is -2.15. The van der Waals surface area contributed by atoms with Gasteiger partial charge in [0.2, 0.25) is 0 Å². The molecule has 1 amide bonds. The summed E-state index contributed by atoms with van der Waals surface area (Å²) in [7, 11) is 0. The second kappa shape index (κ2) is 5.37. The summed E-state index contributed by atoms with van der Waals surface area (Å²) in [6.07, 6.45) is 0.777. The van der Waals surface area contributed by atoms with Crippen molar-refractivity contribution < 1.29 is 9.53 Å². The van der Waals surface area contributed by atoms with Crippen LogP contribution in [0, 0.1) is 6.92 Å². The Morgan fingerprint density at radius 3 is 2.75 bits per heavy atom. The van der Waals surface area contributed by atoms with Gasteiger partial charge >= 0.3 is 0 Å². The van der Waals surface area contributed by atoms with Gasteiger partial charge in [-0.3, -0.25) is 4.79 Å². The number of carbonyl (C=O) groups is 1. The molecule has 3 heteroatoms. The third-order valence-corrected chi connectivity index (χ3v) is 3.56. The molecular weight excluding hydrogens is 250 g/mol. The molecule has 2 aromatic rings. The molecule has 0 spiro atoms. The molecule has 0 saturated carbocycles. The summed E-state index contributed by atoms with van der Waals surface area (Å²) in [4.78, 5) is 12.3. The Labute approximate surface area is 118 Å². The van der Waals surface area contributed by atoms with E-state index >= 15 is 0 Å². The zero-order valence-electron chi connectivity index (χ0n) is 11.4. The van der Waals surface area contributed by atoms with Crippen molar-refractivity contribution in [2.45, 2.75) is 19.4 Å². The summed E-state index contributed by atoms with van der Waals surface area (Å²) in [5, 5.41) is 3.06. The molecule has 0 unspecified atom stereocenters. The van der Waals surface area contributed by atoms with E-state index in [2.05, 4.69) is 17.4 Å². The number of amides is 1. The van der Waals surface area contributed by atoms with E-state index in [9.17, 15) is 4.79 Å². The standard InChI is InChI=1S/C17H17NO2/c1-12-6-5-9-15-16(12)17(19)18-14(11-20-15)10-13-7-3-2-4-8-13/h2-9,14H,10-11H2,1H3,(H,18,19)/t14-/m1/s1. The van der Waals surface area contributed by atoms with Crippen LogP contribution in [0.15, 0.2) is 48.5 Å². The van der Waals surface area contributed by atoms with Crippen molar-refractivity contribution in [2.24, 2.45) is 0 Å². The normalized spacial score (nSPS) is 17.6. The summed E-state index contributed by atoms with van der Waals surface area (Å²) in [6, 6.07) is 15.8. The topological polar surface area (TPSA) is 38.3 Å². The fourth-order valence-electron chi connectivity index (χ4n) is 2.55. The molecule has 1 aliphatic rings. The van der Waals surface area contributed by atoms with Gasteiger partial charge in [-0.25, -0.2) is 0 Å². The quantitative estimate of drug-likeness (QED) is 0.908. The number of benzene rings is 2. The van der Waals surface area contributed by atoms with Crippen LogP contribution < -0.4 is 10.1 Å². The highest BCUT2D eigenvalue weighted by Gasteiger charge is 2.24. The molecule has 20 heavy (non-hydrogen) atoms. The molecule has 3 rings (SSSR count). The molecule has 102 valence electrons. The van der Waals surface area contributed by atoms with E-state index < -0.39 is 0 Å². The summed E-state index contributed by atoms with van der Waals surface area (Å²) >= 11 is 0. The molecule has 3 nitrogen and oxygen atoms in total. The number of hydrogen-bond acceptors (Lipinski definition) is 2. The van der Waals surface area contributed by atoms with E-state index in [0.717, 1.165) is 12.0 Å². The first-order valence-corrected chi connectivity index (χ1v) is 6.81. The van der Waals surface area contributed by atoms with E-state index in [1.807, 2.05) is 43.3 Å². The summed E-state index contributed by atoms with van der Waals surface area (Å²) in [6.45, 7) is 2.43. The van der Waals surface area contributed by atoms with E-state index in [4.69, 9.17) is 4.74 Å². The van der Waals surface area contributed by atoms with Crippen LogP contribution in [0.2, 0.25) is 0 Å². The third-order valence-electron chi connectivity index (χ3n) is 3.56. The summed E-state index contributed by atoms with van der Waals surface area (Å²) < 4.78 is 5.80. The highest BCUT2D eigenvalue weighted by atomic mass is 16.5. The monoisotopic (exact) mass is 267 g/mol. The van der Waals surface area contributed by atoms with Crippen molar-refractivity contribution in [3.05, 3.63) is 65.2 Å². The van der Waals surface area contributed by atoms with Crippen molar-refractivity contribution in [3.8, 4) is 5.75 Å². The molecule has 0 saturated heterocycles. The Kier molecular flexibility index (Phi) is 3.42. The van der Waals surface area contributed by atoms with Crippen LogP contribution >= 0.6 is 0 Å². The molecule has 0 aliphatic carbocycles. The van der Waals surface area contributed by atoms with Crippen LogP contribution in [0.25, 0.3) is 0 Å². The second-order valence-electron chi connectivity index (χ2n) is 5.12. The van der Waals surface area contributed by atoms with Crippen LogP contribution in [0.5, 0.6) is 5.75 Å². The smallest absolute Gasteiger partial charge is 0.255 e. The van der Waals surface area contributed by atoms with Gasteiger partial charge in [0.1, 0.15) is 12.4 Å². The minimum atomic E-state index is -0.0449. The van der Waals surface area contributed by atoms with Gasteiger partial charge in [-0.15, -0.1) is 0 Å². The Hall–Kier alpha value is -2.29. The lowest BCUT2D eigenvalue weighted by molar-refractivity contribution is 0.0938. The number of hydrogen-bond donors (Lipinski definition) is 1. The molecule has 0 fully saturated rings. The molecule has 1 aliphatic heterocycles. The Morgan fingerprint density at radius 2 is 1.95 bits per heavy atom. The first-order chi connectivity index (χ1) is 9.74. The molecule has 1 N–H and O–H groups in total. The highest BCUT2D eigenvalue weighted by Crippen LogP contribution is 2.24. The minimum Gasteiger partial charge on any atom is -0.491 e. The zero-order valence-corrected chi connectivity index (χ0v) is 11.4. The van der Waals surface area contributed by atoms with Crippen LogP contribution in [0.4, 0.5) is 0 Å². The van der Waals surface area contributed by atoms with Gasteiger partial charge in [0, 0.05) is 0 Å². The molecular formula is C17H17NO2. The number of fused-ring (bicyclic) bond motifs is 1. The van der Waals surface area contributed by atoms with Gasteiger partial charge in [0.25, 0.3) is 5.91 Å². The largest absolute Gasteiger partial charge is 0.491 e. The van der Waals surface area contributed by atoms with E-state index in [1.54, 1.807) is 0 Å². The maximum absolute atomic E-state index is 12.3. The maximum atomic E-state index is 12.3. The SMILES string of the molecule is Cc1cccc2c1C(=O)N[C@H](Cc1ccccc1)CO2. The van der Waals surface area contributed by atoms with Crippen molar-refractivity contribution >= 4 is 5.91 Å². The number of ether oxygens (including phenoxy) is 1. The zero-order chi connectivity index (χ0) is 13.9. The van der Waals surface area contributed by atoms with Crippen molar-refractivity contribution in [2.75, 3.05) is 6.61 Å². The van der Waals surface area contributed by atoms with Gasteiger partial charge in [-0.1, -0.05) is 42.5 Å². The first kappa shape index (κ1) is 12.7. The van der Waals surface area contributed by atoms with Gasteiger partial charge in [0.15, 0.2) is 0 Å². The van der Waals surface area contributed by atoms with Crippen molar-refractivity contribution in [1.29, 1.82) is 0 Å². The maximum Gasteiger partial charge on any atom is 0.255 e. The van der Waals surface area contributed by atoms with E-state index in [1.165, 1.54) is 5.56 Å². The predicted molar refractivity (Wildman–Crippen MR) is 78.1 cm³/mol. The lowest BCUT2D eigenvalue weighted by Crippen LogP contribution is -2.38. The Bertz CT molecular complexity index is 622. The van der Waals surface area contributed by atoms with Crippen molar-refractivity contribution in [3.63, 3.8) is 0 Å². The average molecular weight is 267 g/mol. The van der Waals surface area contributed by atoms with Gasteiger partial charge in [0.05, 0.1) is 11.6 Å². The minimum absolute atomic E-state index is 0.00306. The molecule has 0 bridgehead atoms. The summed E-state index contributed by atoms with van der Waals surface area (Å²) in [5.74, 6) is 0.634. The first-order valence-electron chi connectivity index (χ1n) is 6.81. The van der Waals surface area contributed by atoms with E-state index in [-0.39, 0.29) is 11.9 Å². The lowest BCUT2D eigenvalue weighted by atomic mass is 10.1. The van der Waals surface area contributed by atoms with Gasteiger partial charge < -0.3 is 10.1 Å². The van der Waals surface area contributed by atoms with Crippen LogP contribution in [0.3, 0.4) is 0 Å². The fraction of sp³-hybridized carbons (Fsp3) is 0.235. The third kappa shape index (κ3) is 2.52. The molecule has 0 aromatic heterocycles. The number of aryl methyl sites for hydroxylation is 1. The van der Waals surface area contributed by atoms with Gasteiger partial charge in [-0.05, 0) is 30.5 Å². The van der Waals surface area contributed by atoms with Crippen LogP contribution in [0.1, 0.15) is 21.5 Å². The molecule has 2 aromatic carbocycles. The second-order valence-corrected chi connectivity index (χ2v) is 5.12. The average Bonchev–Trinajstić information content (AvgIpc) is 2.60. The Balaban J connectivity index is 1.81. The predicted octanol–water partition coefficient (Wildman–Crippen LogP) is 2.73. The van der Waals surface area contributed by atoms with Crippen LogP contribution in [-0.4, -0.2) is 18.6 Å². The fourth-order valence-corrected chi connectivity index (χ4v) is 2.55. The van der Waals surface area contributed by atoms with E-state index in [0.29, 0.717) is 17.9 Å². The van der Waals surface area contributed by atoms with Crippen molar-refractivity contribution in [1.82, 2.24) is 5.32 Å². The number of carbonyl (C=O) groups excluding carboxylic acids is 1.